The smallest absolute Gasteiger partial charge is 0.319 e. The van der Waals surface area contributed by atoms with E-state index in [-0.39, 0.29) is 17.9 Å². The molecule has 0 aliphatic carbocycles. The van der Waals surface area contributed by atoms with Crippen molar-refractivity contribution >= 4 is 12.0 Å². The van der Waals surface area contributed by atoms with E-state index in [0.29, 0.717) is 19.6 Å². The Morgan fingerprint density at radius 1 is 1.28 bits per heavy atom. The van der Waals surface area contributed by atoms with Crippen LogP contribution in [0.2, 0.25) is 0 Å². The highest BCUT2D eigenvalue weighted by Gasteiger charge is 2.38. The Hall–Kier alpha value is -1.30. The van der Waals surface area contributed by atoms with Crippen LogP contribution in [-0.4, -0.2) is 79.1 Å². The van der Waals surface area contributed by atoms with Gasteiger partial charge in [0.1, 0.15) is 0 Å². The first-order valence-corrected chi connectivity index (χ1v) is 6.20. The lowest BCUT2D eigenvalue weighted by molar-refractivity contribution is -0.144. The highest BCUT2D eigenvalue weighted by Crippen LogP contribution is 2.24. The molecular formula is C12H23N3O3. The summed E-state index contributed by atoms with van der Waals surface area (Å²) in [6.07, 6.45) is 0. The molecule has 1 aliphatic heterocycles. The maximum atomic E-state index is 12.0. The first kappa shape index (κ1) is 14.8. The first-order valence-electron chi connectivity index (χ1n) is 6.20. The lowest BCUT2D eigenvalue weighted by atomic mass is 9.87. The molecule has 2 amide bonds. The minimum atomic E-state index is -0.784. The second-order valence-corrected chi connectivity index (χ2v) is 5.30. The van der Waals surface area contributed by atoms with Gasteiger partial charge in [-0.15, -0.1) is 0 Å². The fourth-order valence-corrected chi connectivity index (χ4v) is 1.87. The first-order chi connectivity index (χ1) is 8.32. The van der Waals surface area contributed by atoms with Crippen LogP contribution in [-0.2, 0) is 4.79 Å². The number of carbonyl (C=O) groups excluding carboxylic acids is 1. The largest absolute Gasteiger partial charge is 0.481 e. The van der Waals surface area contributed by atoms with Crippen LogP contribution in [0.15, 0.2) is 0 Å². The van der Waals surface area contributed by atoms with Gasteiger partial charge < -0.3 is 19.8 Å². The van der Waals surface area contributed by atoms with Crippen LogP contribution in [0.5, 0.6) is 0 Å². The maximum absolute atomic E-state index is 12.0. The summed E-state index contributed by atoms with van der Waals surface area (Å²) in [5.41, 5.74) is 0. The van der Waals surface area contributed by atoms with E-state index in [1.54, 1.807) is 23.8 Å². The minimum Gasteiger partial charge on any atom is -0.481 e. The van der Waals surface area contributed by atoms with E-state index in [4.69, 9.17) is 5.11 Å². The normalized spacial score (nSPS) is 17.5. The summed E-state index contributed by atoms with van der Waals surface area (Å²) < 4.78 is 0. The SMILES string of the molecule is CC(C(=O)O)C1CN(C(=O)N(C)CCN(C)C)C1. The van der Waals surface area contributed by atoms with Crippen molar-refractivity contribution in [2.24, 2.45) is 11.8 Å². The molecule has 1 rings (SSSR count). The molecule has 1 aliphatic rings. The third-order valence-electron chi connectivity index (χ3n) is 3.49. The highest BCUT2D eigenvalue weighted by molar-refractivity contribution is 5.76. The number of urea groups is 1. The van der Waals surface area contributed by atoms with Gasteiger partial charge >= 0.3 is 12.0 Å². The van der Waals surface area contributed by atoms with Crippen molar-refractivity contribution < 1.29 is 14.7 Å². The average molecular weight is 257 g/mol. The van der Waals surface area contributed by atoms with E-state index < -0.39 is 5.97 Å². The van der Waals surface area contributed by atoms with Gasteiger partial charge in [0.05, 0.1) is 5.92 Å². The molecule has 1 atom stereocenters. The number of carbonyl (C=O) groups is 2. The molecule has 1 fully saturated rings. The molecule has 104 valence electrons. The molecule has 0 spiro atoms. The third kappa shape index (κ3) is 3.60. The molecule has 0 saturated carbocycles. The summed E-state index contributed by atoms with van der Waals surface area (Å²) in [5, 5.41) is 8.88. The Balaban J connectivity index is 2.32. The molecular weight excluding hydrogens is 234 g/mol. The van der Waals surface area contributed by atoms with Gasteiger partial charge in [-0.2, -0.15) is 0 Å². The number of likely N-dealkylation sites (tertiary alicyclic amines) is 1. The van der Waals surface area contributed by atoms with E-state index in [1.807, 2.05) is 19.0 Å². The summed E-state index contributed by atoms with van der Waals surface area (Å²) in [6.45, 7) is 4.31. The number of aliphatic carboxylic acids is 1. The zero-order chi connectivity index (χ0) is 13.9. The van der Waals surface area contributed by atoms with Gasteiger partial charge in [0, 0.05) is 39.1 Å². The number of carboxylic acids is 1. The molecule has 6 heteroatoms. The van der Waals surface area contributed by atoms with Crippen LogP contribution < -0.4 is 0 Å². The maximum Gasteiger partial charge on any atom is 0.319 e. The Bertz CT molecular complexity index is 314. The number of carboxylic acid groups (broad SMARTS) is 1. The predicted molar refractivity (Wildman–Crippen MR) is 68.4 cm³/mol. The second kappa shape index (κ2) is 6.04. The Kier molecular flexibility index (Phi) is 4.95. The van der Waals surface area contributed by atoms with Gasteiger partial charge in [-0.05, 0) is 14.1 Å². The number of amides is 2. The Morgan fingerprint density at radius 3 is 2.28 bits per heavy atom. The standard InChI is InChI=1S/C12H23N3O3/c1-9(11(16)17)10-7-15(8-10)12(18)14(4)6-5-13(2)3/h9-10H,5-8H2,1-4H3,(H,16,17). The van der Waals surface area contributed by atoms with Crippen molar-refractivity contribution in [3.05, 3.63) is 0 Å². The molecule has 1 unspecified atom stereocenters. The van der Waals surface area contributed by atoms with E-state index in [0.717, 1.165) is 6.54 Å². The molecule has 0 aromatic rings. The van der Waals surface area contributed by atoms with Crippen LogP contribution in [0.1, 0.15) is 6.92 Å². The lowest BCUT2D eigenvalue weighted by Crippen LogP contribution is -2.57. The van der Waals surface area contributed by atoms with Crippen LogP contribution >= 0.6 is 0 Å². The molecule has 0 aromatic carbocycles. The van der Waals surface area contributed by atoms with Gasteiger partial charge in [-0.25, -0.2) is 4.79 Å². The second-order valence-electron chi connectivity index (χ2n) is 5.30. The summed E-state index contributed by atoms with van der Waals surface area (Å²) in [5.74, 6) is -1.07. The van der Waals surface area contributed by atoms with Crippen LogP contribution in [0.25, 0.3) is 0 Å². The number of rotatable bonds is 5. The molecule has 1 saturated heterocycles. The van der Waals surface area contributed by atoms with Crippen molar-refractivity contribution in [1.29, 1.82) is 0 Å². The summed E-state index contributed by atoms with van der Waals surface area (Å²) >= 11 is 0. The topological polar surface area (TPSA) is 64.1 Å². The molecule has 1 N–H and O–H groups in total. The Labute approximate surface area is 108 Å². The molecule has 1 heterocycles. The van der Waals surface area contributed by atoms with Gasteiger partial charge in [-0.1, -0.05) is 6.92 Å². The molecule has 18 heavy (non-hydrogen) atoms. The monoisotopic (exact) mass is 257 g/mol. The van der Waals surface area contributed by atoms with Crippen molar-refractivity contribution in [3.63, 3.8) is 0 Å². The van der Waals surface area contributed by atoms with Gasteiger partial charge in [-0.3, -0.25) is 4.79 Å². The van der Waals surface area contributed by atoms with E-state index in [1.165, 1.54) is 0 Å². The average Bonchev–Trinajstić information content (AvgIpc) is 2.23. The van der Waals surface area contributed by atoms with Crippen molar-refractivity contribution in [2.75, 3.05) is 47.3 Å². The van der Waals surface area contributed by atoms with Crippen molar-refractivity contribution in [2.45, 2.75) is 6.92 Å². The zero-order valence-corrected chi connectivity index (χ0v) is 11.6. The number of hydrogen-bond acceptors (Lipinski definition) is 3. The lowest BCUT2D eigenvalue weighted by Gasteiger charge is -2.42. The van der Waals surface area contributed by atoms with Gasteiger partial charge in [0.25, 0.3) is 0 Å². The third-order valence-corrected chi connectivity index (χ3v) is 3.49. The highest BCUT2D eigenvalue weighted by atomic mass is 16.4. The molecule has 0 bridgehead atoms. The number of likely N-dealkylation sites (N-methyl/N-ethyl adjacent to an activating group) is 2. The zero-order valence-electron chi connectivity index (χ0n) is 11.6. The summed E-state index contributed by atoms with van der Waals surface area (Å²) in [4.78, 5) is 28.2. The molecule has 0 aromatic heterocycles. The fourth-order valence-electron chi connectivity index (χ4n) is 1.87. The van der Waals surface area contributed by atoms with E-state index in [9.17, 15) is 9.59 Å². The van der Waals surface area contributed by atoms with E-state index >= 15 is 0 Å². The predicted octanol–water partition coefficient (Wildman–Crippen LogP) is 0.252. The number of nitrogens with zero attached hydrogens (tertiary/aromatic N) is 3. The molecule has 6 nitrogen and oxygen atoms in total. The Morgan fingerprint density at radius 2 is 1.83 bits per heavy atom. The minimum absolute atomic E-state index is 0.00862. The van der Waals surface area contributed by atoms with Gasteiger partial charge in [0.15, 0.2) is 0 Å². The molecule has 0 radical (unpaired) electrons. The summed E-state index contributed by atoms with van der Waals surface area (Å²) in [7, 11) is 5.71. The summed E-state index contributed by atoms with van der Waals surface area (Å²) in [6, 6.07) is -0.00862. The van der Waals surface area contributed by atoms with Gasteiger partial charge in [0.2, 0.25) is 0 Å². The van der Waals surface area contributed by atoms with Crippen LogP contribution in [0, 0.1) is 11.8 Å². The van der Waals surface area contributed by atoms with Crippen molar-refractivity contribution in [1.82, 2.24) is 14.7 Å². The van der Waals surface area contributed by atoms with Crippen LogP contribution in [0.4, 0.5) is 4.79 Å². The quantitative estimate of drug-likeness (QED) is 0.767. The van der Waals surface area contributed by atoms with E-state index in [2.05, 4.69) is 0 Å². The van der Waals surface area contributed by atoms with Crippen molar-refractivity contribution in [3.8, 4) is 0 Å². The number of hydrogen-bond donors (Lipinski definition) is 1. The fraction of sp³-hybridized carbons (Fsp3) is 0.833. The van der Waals surface area contributed by atoms with Crippen LogP contribution in [0.3, 0.4) is 0 Å².